The van der Waals surface area contributed by atoms with Gasteiger partial charge in [0.05, 0.1) is 0 Å². The molecule has 0 saturated heterocycles. The number of rotatable bonds is 15. The second kappa shape index (κ2) is 15.9. The van der Waals surface area contributed by atoms with Crippen LogP contribution < -0.4 is 0 Å². The second-order valence-electron chi connectivity index (χ2n) is 5.59. The van der Waals surface area contributed by atoms with E-state index in [0.29, 0.717) is 6.42 Å². The molecule has 0 bridgehead atoms. The largest absolute Gasteiger partial charge is 0.366 e. The Morgan fingerprint density at radius 2 is 1.05 bits per heavy atom. The monoisotopic (exact) mass is 274 g/mol. The van der Waals surface area contributed by atoms with E-state index in [1.807, 2.05) is 0 Å². The predicted octanol–water partition coefficient (Wildman–Crippen LogP) is 5.28. The molecule has 1 unspecified atom stereocenters. The Balaban J connectivity index is 2.95. The highest BCUT2D eigenvalue weighted by molar-refractivity contribution is 4.49. The van der Waals surface area contributed by atoms with Gasteiger partial charge in [-0.1, -0.05) is 84.0 Å². The summed E-state index contributed by atoms with van der Waals surface area (Å²) in [6, 6.07) is 0. The minimum absolute atomic E-state index is 0.536. The maximum Gasteiger partial charge on any atom is 0.188 e. The Morgan fingerprint density at radius 3 is 1.42 bits per heavy atom. The van der Waals surface area contributed by atoms with Crippen molar-refractivity contribution in [1.82, 2.24) is 0 Å². The molecule has 0 aromatic heterocycles. The summed E-state index contributed by atoms with van der Waals surface area (Å²) in [6.07, 6.45) is 16.6. The first kappa shape index (κ1) is 18.9. The molecule has 0 aliphatic heterocycles. The van der Waals surface area contributed by atoms with Crippen LogP contribution in [-0.4, -0.2) is 16.7 Å². The molecular formula is C16H34O3. The van der Waals surface area contributed by atoms with Gasteiger partial charge in [0.1, 0.15) is 0 Å². The van der Waals surface area contributed by atoms with Crippen LogP contribution in [0.15, 0.2) is 0 Å². The van der Waals surface area contributed by atoms with Crippen LogP contribution in [0.2, 0.25) is 0 Å². The maximum atomic E-state index is 8.96. The third-order valence-electron chi connectivity index (χ3n) is 3.68. The van der Waals surface area contributed by atoms with E-state index in [9.17, 15) is 0 Å². The molecule has 19 heavy (non-hydrogen) atoms. The van der Waals surface area contributed by atoms with Crippen LogP contribution >= 0.6 is 0 Å². The Hall–Kier alpha value is -0.120. The Kier molecular flexibility index (Phi) is 15.8. The first-order valence-corrected chi connectivity index (χ1v) is 8.29. The van der Waals surface area contributed by atoms with Crippen LogP contribution in [0.25, 0.3) is 0 Å². The molecule has 0 aliphatic carbocycles. The summed E-state index contributed by atoms with van der Waals surface area (Å²) in [5.41, 5.74) is 0. The minimum Gasteiger partial charge on any atom is -0.366 e. The summed E-state index contributed by atoms with van der Waals surface area (Å²) in [4.78, 5) is 3.81. The fraction of sp³-hybridized carbons (Fsp3) is 1.00. The number of unbranched alkanes of at least 4 members (excludes halogenated alkanes) is 12. The van der Waals surface area contributed by atoms with Gasteiger partial charge in [0.15, 0.2) is 6.29 Å². The molecule has 0 rings (SSSR count). The van der Waals surface area contributed by atoms with E-state index in [0.717, 1.165) is 12.8 Å². The van der Waals surface area contributed by atoms with Gasteiger partial charge in [-0.15, -0.1) is 0 Å². The highest BCUT2D eigenvalue weighted by Gasteiger charge is 2.01. The van der Waals surface area contributed by atoms with Crippen molar-refractivity contribution in [3.05, 3.63) is 0 Å². The van der Waals surface area contributed by atoms with Gasteiger partial charge >= 0.3 is 0 Å². The lowest BCUT2D eigenvalue weighted by Crippen LogP contribution is -2.08. The van der Waals surface area contributed by atoms with E-state index in [2.05, 4.69) is 11.8 Å². The van der Waals surface area contributed by atoms with Crippen molar-refractivity contribution in [3.63, 3.8) is 0 Å². The molecule has 0 spiro atoms. The summed E-state index contributed by atoms with van der Waals surface area (Å²) in [5, 5.41) is 17.1. The molecular weight excluding hydrogens is 240 g/mol. The Bertz CT molecular complexity index is 162. The molecule has 0 amide bonds. The van der Waals surface area contributed by atoms with Gasteiger partial charge in [-0.05, 0) is 6.42 Å². The fourth-order valence-electron chi connectivity index (χ4n) is 2.39. The van der Waals surface area contributed by atoms with Crippen LogP contribution in [0.1, 0.15) is 96.8 Å². The topological polar surface area (TPSA) is 49.7 Å². The van der Waals surface area contributed by atoms with Crippen LogP contribution in [0, 0.1) is 0 Å². The van der Waals surface area contributed by atoms with Crippen molar-refractivity contribution in [2.75, 3.05) is 0 Å². The van der Waals surface area contributed by atoms with Gasteiger partial charge in [0.25, 0.3) is 0 Å². The maximum absolute atomic E-state index is 8.96. The molecule has 0 aliphatic rings. The summed E-state index contributed by atoms with van der Waals surface area (Å²) < 4.78 is 0. The van der Waals surface area contributed by atoms with Gasteiger partial charge in [-0.25, -0.2) is 10.1 Å². The van der Waals surface area contributed by atoms with Gasteiger partial charge in [-0.3, -0.25) is 0 Å². The quantitative estimate of drug-likeness (QED) is 0.185. The predicted molar refractivity (Wildman–Crippen MR) is 80.0 cm³/mol. The Morgan fingerprint density at radius 1 is 0.684 bits per heavy atom. The molecule has 0 heterocycles. The third kappa shape index (κ3) is 15.8. The summed E-state index contributed by atoms with van der Waals surface area (Å²) in [5.74, 6) is 0. The van der Waals surface area contributed by atoms with Crippen LogP contribution in [0.3, 0.4) is 0 Å². The highest BCUT2D eigenvalue weighted by Crippen LogP contribution is 2.13. The number of aliphatic hydroxyl groups is 1. The smallest absolute Gasteiger partial charge is 0.188 e. The van der Waals surface area contributed by atoms with Gasteiger partial charge < -0.3 is 5.11 Å². The molecule has 0 fully saturated rings. The van der Waals surface area contributed by atoms with E-state index in [1.54, 1.807) is 0 Å². The minimum atomic E-state index is -0.993. The molecule has 116 valence electrons. The zero-order valence-corrected chi connectivity index (χ0v) is 12.8. The van der Waals surface area contributed by atoms with Crippen molar-refractivity contribution in [2.24, 2.45) is 0 Å². The molecule has 1 atom stereocenters. The number of hydrogen-bond donors (Lipinski definition) is 2. The standard InChI is InChI=1S/C16H34O3/c1-2-3-4-5-6-7-8-9-10-11-12-13-14-15-16(17)19-18/h16-18H,2-15H2,1H3. The average molecular weight is 274 g/mol. The first-order chi connectivity index (χ1) is 9.31. The lowest BCUT2D eigenvalue weighted by Gasteiger charge is -2.05. The summed E-state index contributed by atoms with van der Waals surface area (Å²) >= 11 is 0. The molecule has 0 aromatic rings. The molecule has 0 aromatic carbocycles. The van der Waals surface area contributed by atoms with E-state index >= 15 is 0 Å². The second-order valence-corrected chi connectivity index (χ2v) is 5.59. The van der Waals surface area contributed by atoms with E-state index < -0.39 is 6.29 Å². The molecule has 2 N–H and O–H groups in total. The Labute approximate surface area is 119 Å². The summed E-state index contributed by atoms with van der Waals surface area (Å²) in [6.45, 7) is 2.26. The number of aliphatic hydroxyl groups excluding tert-OH is 1. The molecule has 3 nitrogen and oxygen atoms in total. The van der Waals surface area contributed by atoms with Crippen molar-refractivity contribution < 1.29 is 15.3 Å². The van der Waals surface area contributed by atoms with Crippen molar-refractivity contribution in [2.45, 2.75) is 103 Å². The number of hydrogen-bond acceptors (Lipinski definition) is 3. The fourth-order valence-corrected chi connectivity index (χ4v) is 2.39. The van der Waals surface area contributed by atoms with Crippen LogP contribution in [0.4, 0.5) is 0 Å². The first-order valence-electron chi connectivity index (χ1n) is 8.29. The SMILES string of the molecule is CCCCCCCCCCCCCCCC(O)OO. The average Bonchev–Trinajstić information content (AvgIpc) is 2.43. The molecule has 0 saturated carbocycles. The highest BCUT2D eigenvalue weighted by atomic mass is 17.1. The third-order valence-corrected chi connectivity index (χ3v) is 3.68. The van der Waals surface area contributed by atoms with Crippen molar-refractivity contribution >= 4 is 0 Å². The van der Waals surface area contributed by atoms with Crippen molar-refractivity contribution in [1.29, 1.82) is 0 Å². The zero-order chi connectivity index (χ0) is 14.2. The lowest BCUT2D eigenvalue weighted by molar-refractivity contribution is -0.335. The van der Waals surface area contributed by atoms with Crippen LogP contribution in [0.5, 0.6) is 0 Å². The van der Waals surface area contributed by atoms with Crippen LogP contribution in [-0.2, 0) is 4.89 Å². The lowest BCUT2D eigenvalue weighted by atomic mass is 10.0. The normalized spacial score (nSPS) is 12.8. The van der Waals surface area contributed by atoms with Gasteiger partial charge in [0.2, 0.25) is 0 Å². The summed E-state index contributed by atoms with van der Waals surface area (Å²) in [7, 11) is 0. The van der Waals surface area contributed by atoms with Gasteiger partial charge in [-0.2, -0.15) is 0 Å². The van der Waals surface area contributed by atoms with E-state index in [4.69, 9.17) is 10.4 Å². The zero-order valence-electron chi connectivity index (χ0n) is 12.8. The van der Waals surface area contributed by atoms with E-state index in [1.165, 1.54) is 70.6 Å². The van der Waals surface area contributed by atoms with E-state index in [-0.39, 0.29) is 0 Å². The van der Waals surface area contributed by atoms with Gasteiger partial charge in [0, 0.05) is 6.42 Å². The molecule has 0 radical (unpaired) electrons. The van der Waals surface area contributed by atoms with Crippen molar-refractivity contribution in [3.8, 4) is 0 Å². The molecule has 3 heteroatoms.